The van der Waals surface area contributed by atoms with E-state index < -0.39 is 15.9 Å². The fraction of sp³-hybridized carbons (Fsp3) is 0.900. The fourth-order valence-corrected chi connectivity index (χ4v) is 3.96. The van der Waals surface area contributed by atoms with Crippen LogP contribution in [0.25, 0.3) is 0 Å². The van der Waals surface area contributed by atoms with Crippen LogP contribution < -0.4 is 0 Å². The van der Waals surface area contributed by atoms with Gasteiger partial charge < -0.3 is 9.80 Å². The van der Waals surface area contributed by atoms with Crippen LogP contribution in [0.2, 0.25) is 0 Å². The molecule has 0 unspecified atom stereocenters. The predicted molar refractivity (Wildman–Crippen MR) is 118 cm³/mol. The third-order valence-electron chi connectivity index (χ3n) is 5.28. The van der Waals surface area contributed by atoms with Crippen LogP contribution >= 0.6 is 0 Å². The second kappa shape index (κ2) is 16.5. The van der Waals surface area contributed by atoms with Crippen molar-refractivity contribution >= 4 is 51.5 Å². The molecule has 29 heavy (non-hydrogen) atoms. The summed E-state index contributed by atoms with van der Waals surface area (Å²) in [5.41, 5.74) is 0. The van der Waals surface area contributed by atoms with Gasteiger partial charge in [-0.05, 0) is 12.8 Å². The Kier molecular flexibility index (Phi) is 16.4. The van der Waals surface area contributed by atoms with Crippen LogP contribution in [0.3, 0.4) is 0 Å². The Bertz CT molecular complexity index is 571. The standard InChI is InChI=1S/C20H38N2O5S.Na.H/c1-2-3-4-5-6-7-8-9-10-12-19(23)22(17-18-28(25,26)27)16-15-21-14-11-13-20(21)24;;/h2-18H2,1H3,(H,25,26,27);;. The second-order valence-electron chi connectivity index (χ2n) is 7.73. The van der Waals surface area contributed by atoms with Gasteiger partial charge in [0.25, 0.3) is 10.1 Å². The molecule has 0 bridgehead atoms. The van der Waals surface area contributed by atoms with Gasteiger partial charge in [-0.2, -0.15) is 8.42 Å². The molecule has 166 valence electrons. The number of rotatable bonds is 16. The van der Waals surface area contributed by atoms with Crippen LogP contribution in [0.5, 0.6) is 0 Å². The topological polar surface area (TPSA) is 95.0 Å². The summed E-state index contributed by atoms with van der Waals surface area (Å²) in [5, 5.41) is 0. The monoisotopic (exact) mass is 442 g/mol. The number of carbonyl (C=O) groups is 2. The number of hydrogen-bond acceptors (Lipinski definition) is 4. The Balaban J connectivity index is 0.00000784. The van der Waals surface area contributed by atoms with Gasteiger partial charge >= 0.3 is 29.6 Å². The van der Waals surface area contributed by atoms with E-state index in [0.717, 1.165) is 25.7 Å². The average Bonchev–Trinajstić information content (AvgIpc) is 3.04. The van der Waals surface area contributed by atoms with Gasteiger partial charge in [0.1, 0.15) is 0 Å². The number of carbonyl (C=O) groups excluding carboxylic acids is 2. The molecule has 1 fully saturated rings. The van der Waals surface area contributed by atoms with Crippen LogP contribution in [0.15, 0.2) is 0 Å². The molecule has 1 heterocycles. The number of nitrogens with zero attached hydrogens (tertiary/aromatic N) is 2. The molecular formula is C20H39N2NaO5S. The summed E-state index contributed by atoms with van der Waals surface area (Å²) in [6.07, 6.45) is 12.2. The van der Waals surface area contributed by atoms with E-state index in [-0.39, 0.29) is 47.9 Å². The minimum absolute atomic E-state index is 0. The van der Waals surface area contributed by atoms with Crippen molar-refractivity contribution in [3.05, 3.63) is 0 Å². The number of hydrogen-bond donors (Lipinski definition) is 1. The molecule has 1 aliphatic rings. The Morgan fingerprint density at radius 2 is 1.62 bits per heavy atom. The van der Waals surface area contributed by atoms with Crippen LogP contribution in [0.4, 0.5) is 0 Å². The van der Waals surface area contributed by atoms with Crippen LogP contribution in [0.1, 0.15) is 84.0 Å². The Morgan fingerprint density at radius 3 is 2.14 bits per heavy atom. The van der Waals surface area contributed by atoms with Gasteiger partial charge in [-0.3, -0.25) is 14.1 Å². The quantitative estimate of drug-likeness (QED) is 0.225. The van der Waals surface area contributed by atoms with Gasteiger partial charge in [0, 0.05) is 39.0 Å². The Morgan fingerprint density at radius 1 is 1.03 bits per heavy atom. The maximum absolute atomic E-state index is 12.5. The second-order valence-corrected chi connectivity index (χ2v) is 9.30. The number of unbranched alkanes of at least 4 members (excludes halogenated alkanes) is 8. The van der Waals surface area contributed by atoms with Crippen LogP contribution in [-0.4, -0.2) is 96.1 Å². The van der Waals surface area contributed by atoms with Crippen molar-refractivity contribution in [2.24, 2.45) is 0 Å². The van der Waals surface area contributed by atoms with E-state index in [4.69, 9.17) is 4.55 Å². The Labute approximate surface area is 199 Å². The molecule has 0 aromatic rings. The summed E-state index contributed by atoms with van der Waals surface area (Å²) >= 11 is 0. The molecule has 0 spiro atoms. The third kappa shape index (κ3) is 14.5. The van der Waals surface area contributed by atoms with Crippen molar-refractivity contribution in [2.45, 2.75) is 84.0 Å². The molecule has 0 aromatic carbocycles. The van der Waals surface area contributed by atoms with Crippen molar-refractivity contribution < 1.29 is 22.6 Å². The van der Waals surface area contributed by atoms with Crippen LogP contribution in [0, 0.1) is 0 Å². The number of amides is 2. The molecule has 9 heteroatoms. The molecular weight excluding hydrogens is 403 g/mol. The first-order valence-electron chi connectivity index (χ1n) is 10.8. The van der Waals surface area contributed by atoms with Crippen molar-refractivity contribution in [1.82, 2.24) is 9.80 Å². The van der Waals surface area contributed by atoms with Gasteiger partial charge in [0.05, 0.1) is 5.75 Å². The van der Waals surface area contributed by atoms with E-state index in [9.17, 15) is 18.0 Å². The zero-order valence-electron chi connectivity index (χ0n) is 17.4. The molecule has 1 N–H and O–H groups in total. The van der Waals surface area contributed by atoms with Crippen molar-refractivity contribution in [2.75, 3.05) is 31.9 Å². The average molecular weight is 443 g/mol. The first-order valence-corrected chi connectivity index (χ1v) is 12.4. The predicted octanol–water partition coefficient (Wildman–Crippen LogP) is 2.60. The zero-order valence-corrected chi connectivity index (χ0v) is 18.2. The van der Waals surface area contributed by atoms with Gasteiger partial charge in [0.15, 0.2) is 0 Å². The van der Waals surface area contributed by atoms with Gasteiger partial charge in [-0.15, -0.1) is 0 Å². The molecule has 0 aliphatic carbocycles. The maximum atomic E-state index is 12.5. The van der Waals surface area contributed by atoms with E-state index in [1.807, 2.05) is 0 Å². The third-order valence-corrected chi connectivity index (χ3v) is 5.98. The fourth-order valence-electron chi connectivity index (χ4n) is 3.51. The summed E-state index contributed by atoms with van der Waals surface area (Å²) in [7, 11) is -4.12. The van der Waals surface area contributed by atoms with E-state index >= 15 is 0 Å². The van der Waals surface area contributed by atoms with E-state index in [1.165, 1.54) is 43.4 Å². The molecule has 0 atom stereocenters. The van der Waals surface area contributed by atoms with E-state index in [0.29, 0.717) is 32.5 Å². The molecule has 7 nitrogen and oxygen atoms in total. The number of likely N-dealkylation sites (tertiary alicyclic amines) is 1. The molecule has 1 aliphatic heterocycles. The summed E-state index contributed by atoms with van der Waals surface area (Å²) in [6.45, 7) is 3.61. The van der Waals surface area contributed by atoms with Gasteiger partial charge in [0.2, 0.25) is 11.8 Å². The molecule has 1 saturated heterocycles. The van der Waals surface area contributed by atoms with Crippen molar-refractivity contribution in [3.8, 4) is 0 Å². The molecule has 1 rings (SSSR count). The first-order chi connectivity index (χ1) is 13.3. The normalized spacial score (nSPS) is 14.1. The summed E-state index contributed by atoms with van der Waals surface area (Å²) in [5.74, 6) is -0.482. The van der Waals surface area contributed by atoms with E-state index in [1.54, 1.807) is 4.90 Å². The summed E-state index contributed by atoms with van der Waals surface area (Å²) in [4.78, 5) is 27.4. The summed E-state index contributed by atoms with van der Waals surface area (Å²) < 4.78 is 31.1. The van der Waals surface area contributed by atoms with Gasteiger partial charge in [-0.25, -0.2) is 0 Å². The summed E-state index contributed by atoms with van der Waals surface area (Å²) in [6, 6.07) is 0. The molecule has 2 amide bonds. The first kappa shape index (κ1) is 28.9. The van der Waals surface area contributed by atoms with Gasteiger partial charge in [-0.1, -0.05) is 58.3 Å². The Hall–Kier alpha value is -0.150. The van der Waals surface area contributed by atoms with E-state index in [2.05, 4.69) is 6.92 Å². The molecule has 0 saturated carbocycles. The van der Waals surface area contributed by atoms with Crippen molar-refractivity contribution in [3.63, 3.8) is 0 Å². The minimum atomic E-state index is -4.12. The van der Waals surface area contributed by atoms with Crippen molar-refractivity contribution in [1.29, 1.82) is 0 Å². The molecule has 0 aromatic heterocycles. The SMILES string of the molecule is CCCCCCCCCCCC(=O)N(CCN1CCCC1=O)CCS(=O)(=O)O.[NaH]. The molecule has 0 radical (unpaired) electrons. The van der Waals surface area contributed by atoms with Crippen LogP contribution in [-0.2, 0) is 19.7 Å². The zero-order chi connectivity index (χ0) is 20.8.